The van der Waals surface area contributed by atoms with E-state index in [0.717, 1.165) is 45.2 Å². The molecular weight excluding hydrogens is 300 g/mol. The Bertz CT molecular complexity index is 378. The fourth-order valence-electron chi connectivity index (χ4n) is 2.73. The van der Waals surface area contributed by atoms with E-state index in [1.165, 1.54) is 0 Å². The fourth-order valence-corrected chi connectivity index (χ4v) is 4.49. The van der Waals surface area contributed by atoms with Gasteiger partial charge in [-0.25, -0.2) is 0 Å². The predicted octanol–water partition coefficient (Wildman–Crippen LogP) is 0.923. The van der Waals surface area contributed by atoms with Crippen LogP contribution in [0.1, 0.15) is 32.1 Å². The molecule has 1 aliphatic rings. The normalized spacial score (nSPS) is 17.8. The molecule has 0 radical (unpaired) electrons. The molecule has 132 valence electrons. The van der Waals surface area contributed by atoms with Crippen molar-refractivity contribution in [2.75, 3.05) is 67.5 Å². The van der Waals surface area contributed by atoms with Crippen molar-refractivity contribution < 1.29 is 8.42 Å². The molecule has 0 N–H and O–H groups in total. The van der Waals surface area contributed by atoms with Crippen molar-refractivity contribution in [3.05, 3.63) is 0 Å². The zero-order valence-corrected chi connectivity index (χ0v) is 15.6. The summed E-state index contributed by atoms with van der Waals surface area (Å²) >= 11 is 0. The van der Waals surface area contributed by atoms with Gasteiger partial charge in [0.05, 0.1) is 0 Å². The summed E-state index contributed by atoms with van der Waals surface area (Å²) in [5, 5.41) is 0. The summed E-state index contributed by atoms with van der Waals surface area (Å²) in [6, 6.07) is 0. The SMILES string of the molecule is CN(C)CCCN(CCCN(C)C)S(=O)(=O)N1CCCCC1. The van der Waals surface area contributed by atoms with E-state index in [9.17, 15) is 8.42 Å². The minimum Gasteiger partial charge on any atom is -0.309 e. The first-order valence-corrected chi connectivity index (χ1v) is 9.78. The van der Waals surface area contributed by atoms with Crippen molar-refractivity contribution in [2.45, 2.75) is 32.1 Å². The van der Waals surface area contributed by atoms with Gasteiger partial charge in [-0.05, 0) is 67.0 Å². The third-order valence-electron chi connectivity index (χ3n) is 3.99. The molecule has 0 amide bonds. The van der Waals surface area contributed by atoms with Crippen LogP contribution in [-0.4, -0.2) is 94.3 Å². The summed E-state index contributed by atoms with van der Waals surface area (Å²) in [6.07, 6.45) is 4.88. The summed E-state index contributed by atoms with van der Waals surface area (Å²) in [5.41, 5.74) is 0. The highest BCUT2D eigenvalue weighted by Crippen LogP contribution is 2.17. The van der Waals surface area contributed by atoms with Crippen molar-refractivity contribution >= 4 is 10.2 Å². The van der Waals surface area contributed by atoms with Crippen LogP contribution in [0.15, 0.2) is 0 Å². The summed E-state index contributed by atoms with van der Waals surface area (Å²) in [5.74, 6) is 0. The maximum atomic E-state index is 12.9. The monoisotopic (exact) mass is 334 g/mol. The molecule has 0 bridgehead atoms. The molecule has 1 fully saturated rings. The lowest BCUT2D eigenvalue weighted by atomic mass is 10.2. The Balaban J connectivity index is 2.64. The maximum Gasteiger partial charge on any atom is 0.281 e. The molecule has 0 aromatic carbocycles. The second-order valence-electron chi connectivity index (χ2n) is 6.68. The molecule has 0 atom stereocenters. The Morgan fingerprint density at radius 3 is 1.64 bits per heavy atom. The highest BCUT2D eigenvalue weighted by molar-refractivity contribution is 7.86. The van der Waals surface area contributed by atoms with Crippen molar-refractivity contribution in [1.82, 2.24) is 18.4 Å². The van der Waals surface area contributed by atoms with Crippen molar-refractivity contribution in [3.63, 3.8) is 0 Å². The van der Waals surface area contributed by atoms with Crippen LogP contribution in [0, 0.1) is 0 Å². The summed E-state index contributed by atoms with van der Waals surface area (Å²) in [4.78, 5) is 4.21. The van der Waals surface area contributed by atoms with Crippen LogP contribution in [0.2, 0.25) is 0 Å². The lowest BCUT2D eigenvalue weighted by Gasteiger charge is -2.32. The van der Waals surface area contributed by atoms with E-state index in [1.54, 1.807) is 8.61 Å². The Morgan fingerprint density at radius 2 is 1.23 bits per heavy atom. The zero-order valence-electron chi connectivity index (χ0n) is 14.8. The number of hydrogen-bond donors (Lipinski definition) is 0. The maximum absolute atomic E-state index is 12.9. The van der Waals surface area contributed by atoms with Crippen LogP contribution < -0.4 is 0 Å². The molecule has 0 unspecified atom stereocenters. The van der Waals surface area contributed by atoms with Crippen LogP contribution >= 0.6 is 0 Å². The quantitative estimate of drug-likeness (QED) is 0.596. The van der Waals surface area contributed by atoms with Crippen molar-refractivity contribution in [3.8, 4) is 0 Å². The molecule has 22 heavy (non-hydrogen) atoms. The Kier molecular flexibility index (Phi) is 8.86. The van der Waals surface area contributed by atoms with Gasteiger partial charge < -0.3 is 9.80 Å². The molecule has 1 saturated heterocycles. The smallest absolute Gasteiger partial charge is 0.281 e. The molecule has 0 spiro atoms. The first-order chi connectivity index (χ1) is 10.3. The van der Waals surface area contributed by atoms with Crippen LogP contribution in [0.3, 0.4) is 0 Å². The third kappa shape index (κ3) is 6.91. The lowest BCUT2D eigenvalue weighted by Crippen LogP contribution is -2.47. The molecule has 0 aromatic rings. The zero-order chi connectivity index (χ0) is 16.6. The minimum absolute atomic E-state index is 0.616. The summed E-state index contributed by atoms with van der Waals surface area (Å²) in [6.45, 7) is 4.43. The Morgan fingerprint density at radius 1 is 0.773 bits per heavy atom. The number of hydrogen-bond acceptors (Lipinski definition) is 4. The average Bonchev–Trinajstić information content (AvgIpc) is 2.46. The van der Waals surface area contributed by atoms with E-state index in [4.69, 9.17) is 0 Å². The predicted molar refractivity (Wildman–Crippen MR) is 92.3 cm³/mol. The summed E-state index contributed by atoms with van der Waals surface area (Å²) < 4.78 is 29.1. The number of piperidine rings is 1. The van der Waals surface area contributed by atoms with Gasteiger partial charge in [0.2, 0.25) is 0 Å². The average molecular weight is 335 g/mol. The second-order valence-corrected chi connectivity index (χ2v) is 8.61. The first-order valence-electron chi connectivity index (χ1n) is 8.38. The van der Waals surface area contributed by atoms with Crippen molar-refractivity contribution in [2.24, 2.45) is 0 Å². The number of nitrogens with zero attached hydrogens (tertiary/aromatic N) is 4. The van der Waals surface area contributed by atoms with E-state index < -0.39 is 10.2 Å². The molecule has 0 saturated carbocycles. The van der Waals surface area contributed by atoms with E-state index in [-0.39, 0.29) is 0 Å². The highest BCUT2D eigenvalue weighted by Gasteiger charge is 2.29. The van der Waals surface area contributed by atoms with Crippen LogP contribution in [0.25, 0.3) is 0 Å². The molecule has 6 nitrogen and oxygen atoms in total. The van der Waals surface area contributed by atoms with Crippen molar-refractivity contribution in [1.29, 1.82) is 0 Å². The molecular formula is C15H34N4O2S. The van der Waals surface area contributed by atoms with E-state index in [0.29, 0.717) is 26.2 Å². The Labute approximate surface area is 137 Å². The molecule has 7 heteroatoms. The van der Waals surface area contributed by atoms with E-state index >= 15 is 0 Å². The molecule has 0 aromatic heterocycles. The molecule has 0 aliphatic carbocycles. The minimum atomic E-state index is -3.29. The molecule has 1 rings (SSSR count). The van der Waals surface area contributed by atoms with Crippen LogP contribution in [0.4, 0.5) is 0 Å². The lowest BCUT2D eigenvalue weighted by molar-refractivity contribution is 0.283. The van der Waals surface area contributed by atoms with Gasteiger partial charge in [-0.1, -0.05) is 6.42 Å². The van der Waals surface area contributed by atoms with Gasteiger partial charge in [0.25, 0.3) is 10.2 Å². The number of rotatable bonds is 10. The third-order valence-corrected chi connectivity index (χ3v) is 6.03. The first kappa shape index (κ1) is 19.8. The van der Waals surface area contributed by atoms with E-state index in [1.807, 2.05) is 28.2 Å². The van der Waals surface area contributed by atoms with Gasteiger partial charge in [0.1, 0.15) is 0 Å². The fraction of sp³-hybridized carbons (Fsp3) is 1.00. The van der Waals surface area contributed by atoms with E-state index in [2.05, 4.69) is 9.80 Å². The van der Waals surface area contributed by atoms with Gasteiger partial charge in [-0.2, -0.15) is 17.0 Å². The standard InChI is InChI=1S/C15H34N4O2S/c1-16(2)10-8-14-19(15-9-11-17(3)4)22(20,21)18-12-6-5-7-13-18/h5-15H2,1-4H3. The van der Waals surface area contributed by atoms with Gasteiger partial charge in [0.15, 0.2) is 0 Å². The van der Waals surface area contributed by atoms with Gasteiger partial charge >= 0.3 is 0 Å². The second kappa shape index (κ2) is 9.82. The Hall–Kier alpha value is -0.210. The molecule has 1 aliphatic heterocycles. The van der Waals surface area contributed by atoms with Crippen LogP contribution in [0.5, 0.6) is 0 Å². The van der Waals surface area contributed by atoms with Crippen LogP contribution in [-0.2, 0) is 10.2 Å². The van der Waals surface area contributed by atoms with Gasteiger partial charge in [-0.3, -0.25) is 0 Å². The largest absolute Gasteiger partial charge is 0.309 e. The topological polar surface area (TPSA) is 47.1 Å². The molecule has 1 heterocycles. The van der Waals surface area contributed by atoms with Gasteiger partial charge in [0, 0.05) is 26.2 Å². The van der Waals surface area contributed by atoms with Gasteiger partial charge in [-0.15, -0.1) is 0 Å². The highest BCUT2D eigenvalue weighted by atomic mass is 32.2. The summed E-state index contributed by atoms with van der Waals surface area (Å²) in [7, 11) is 4.80.